The Kier molecular flexibility index (Phi) is 12.8. The van der Waals surface area contributed by atoms with Gasteiger partial charge in [0.05, 0.1) is 0 Å². The first kappa shape index (κ1) is 28.6. The van der Waals surface area contributed by atoms with Gasteiger partial charge in [0.15, 0.2) is 16.6 Å². The van der Waals surface area contributed by atoms with E-state index in [0.717, 1.165) is 26.2 Å². The summed E-state index contributed by atoms with van der Waals surface area (Å²) in [6.45, 7) is 23.6. The van der Waals surface area contributed by atoms with Crippen LogP contribution in [0.1, 0.15) is 67.9 Å². The molecule has 0 aromatic heterocycles. The third kappa shape index (κ3) is 8.11. The maximum Gasteiger partial charge on any atom is 0.200 e. The van der Waals surface area contributed by atoms with Gasteiger partial charge in [0.1, 0.15) is 0 Å². The lowest BCUT2D eigenvalue weighted by Gasteiger charge is -2.43. The number of benzene rings is 1. The number of nitrogens with one attached hydrogen (secondary N) is 1. The Balaban J connectivity index is 2.84. The molecule has 3 nitrogen and oxygen atoms in total. The molecule has 5 heteroatoms. The predicted molar refractivity (Wildman–Crippen MR) is 142 cm³/mol. The molecule has 0 saturated heterocycles. The molecule has 0 aliphatic rings. The number of hydrogen-bond donors (Lipinski definition) is 1. The second-order valence-corrected chi connectivity index (χ2v) is 20.3. The zero-order valence-corrected chi connectivity index (χ0v) is 24.0. The van der Waals surface area contributed by atoms with Crippen molar-refractivity contribution in [1.82, 2.24) is 5.32 Å². The van der Waals surface area contributed by atoms with E-state index in [2.05, 4.69) is 98.0 Å². The molecule has 180 valence electrons. The molecule has 0 bridgehead atoms. The molecule has 1 aromatic rings. The predicted octanol–water partition coefficient (Wildman–Crippen LogP) is 7.40. The maximum absolute atomic E-state index is 6.95. The van der Waals surface area contributed by atoms with Gasteiger partial charge in [-0.1, -0.05) is 92.6 Å². The van der Waals surface area contributed by atoms with Gasteiger partial charge in [-0.05, 0) is 46.7 Å². The Bertz CT molecular complexity index is 558. The third-order valence-electron chi connectivity index (χ3n) is 7.44. The minimum atomic E-state index is -1.87. The van der Waals surface area contributed by atoms with Crippen LogP contribution in [0.25, 0.3) is 0 Å². The van der Waals surface area contributed by atoms with Crippen LogP contribution >= 0.6 is 0 Å². The van der Waals surface area contributed by atoms with Crippen molar-refractivity contribution in [1.29, 1.82) is 0 Å². The van der Waals surface area contributed by atoms with Crippen LogP contribution < -0.4 is 5.32 Å². The van der Waals surface area contributed by atoms with Crippen LogP contribution in [0.4, 0.5) is 0 Å². The molecule has 1 N–H and O–H groups in total. The van der Waals surface area contributed by atoms with Crippen molar-refractivity contribution in [3.05, 3.63) is 35.9 Å². The SMILES string of the molecule is CC[Si](CC)(CC)OCCNC(CO[Si](C(C)C)(C(C)C)C(C)C)Cc1ccccc1. The fourth-order valence-corrected chi connectivity index (χ4v) is 13.6. The second kappa shape index (κ2) is 13.9. The molecule has 1 aromatic carbocycles. The van der Waals surface area contributed by atoms with Gasteiger partial charge in [0.25, 0.3) is 0 Å². The van der Waals surface area contributed by atoms with E-state index in [1.54, 1.807) is 0 Å². The highest BCUT2D eigenvalue weighted by Crippen LogP contribution is 2.42. The largest absolute Gasteiger partial charge is 0.416 e. The lowest BCUT2D eigenvalue weighted by atomic mass is 10.1. The Morgan fingerprint density at radius 3 is 1.74 bits per heavy atom. The van der Waals surface area contributed by atoms with Gasteiger partial charge in [-0.15, -0.1) is 0 Å². The van der Waals surface area contributed by atoms with E-state index in [0.29, 0.717) is 22.7 Å². The minimum Gasteiger partial charge on any atom is -0.416 e. The van der Waals surface area contributed by atoms with Gasteiger partial charge in [-0.25, -0.2) is 0 Å². The molecular weight excluding hydrogens is 414 g/mol. The summed E-state index contributed by atoms with van der Waals surface area (Å²) in [5.41, 5.74) is 3.20. The summed E-state index contributed by atoms with van der Waals surface area (Å²) in [5.74, 6) is 0. The van der Waals surface area contributed by atoms with Crippen molar-refractivity contribution in [2.24, 2.45) is 0 Å². The van der Waals surface area contributed by atoms with E-state index in [9.17, 15) is 0 Å². The average molecular weight is 466 g/mol. The maximum atomic E-state index is 6.95. The summed E-state index contributed by atoms with van der Waals surface area (Å²) >= 11 is 0. The van der Waals surface area contributed by atoms with Crippen LogP contribution in [-0.4, -0.2) is 42.4 Å². The van der Waals surface area contributed by atoms with Gasteiger partial charge >= 0.3 is 0 Å². The quantitative estimate of drug-likeness (QED) is 0.204. The molecule has 0 aliphatic heterocycles. The molecule has 1 rings (SSSR count). The third-order valence-corrected chi connectivity index (χ3v) is 18.2. The first-order chi connectivity index (χ1) is 14.7. The Hall–Kier alpha value is -0.466. The highest BCUT2D eigenvalue weighted by Gasteiger charge is 2.45. The van der Waals surface area contributed by atoms with Gasteiger partial charge < -0.3 is 14.2 Å². The highest BCUT2D eigenvalue weighted by atomic mass is 28.4. The van der Waals surface area contributed by atoms with E-state index < -0.39 is 16.6 Å². The van der Waals surface area contributed by atoms with Crippen molar-refractivity contribution in [3.63, 3.8) is 0 Å². The lowest BCUT2D eigenvalue weighted by Crippen LogP contribution is -2.51. The molecule has 0 fully saturated rings. The van der Waals surface area contributed by atoms with Crippen LogP contribution in [0.15, 0.2) is 30.3 Å². The fourth-order valence-electron chi connectivity index (χ4n) is 5.42. The zero-order valence-electron chi connectivity index (χ0n) is 22.0. The minimum absolute atomic E-state index is 0.315. The van der Waals surface area contributed by atoms with E-state index >= 15 is 0 Å². The number of hydrogen-bond acceptors (Lipinski definition) is 3. The molecular formula is C26H51NO2Si2. The summed E-state index contributed by atoms with van der Waals surface area (Å²) in [6, 6.07) is 14.8. The van der Waals surface area contributed by atoms with E-state index in [4.69, 9.17) is 8.85 Å². The van der Waals surface area contributed by atoms with E-state index in [1.165, 1.54) is 23.7 Å². The second-order valence-electron chi connectivity index (χ2n) is 10.1. The molecule has 0 aliphatic carbocycles. The van der Waals surface area contributed by atoms with Gasteiger partial charge in [0.2, 0.25) is 0 Å². The van der Waals surface area contributed by atoms with Crippen LogP contribution in [0.5, 0.6) is 0 Å². The molecule has 0 amide bonds. The average Bonchev–Trinajstić information content (AvgIpc) is 2.74. The molecule has 1 atom stereocenters. The molecule has 0 heterocycles. The normalized spacial score (nSPS) is 14.1. The highest BCUT2D eigenvalue weighted by molar-refractivity contribution is 6.77. The topological polar surface area (TPSA) is 30.5 Å². The first-order valence-electron chi connectivity index (χ1n) is 12.7. The molecule has 31 heavy (non-hydrogen) atoms. The van der Waals surface area contributed by atoms with Gasteiger partial charge in [0, 0.05) is 25.8 Å². The van der Waals surface area contributed by atoms with Crippen molar-refractivity contribution in [2.45, 2.75) is 110 Å². The molecule has 0 spiro atoms. The van der Waals surface area contributed by atoms with Crippen LogP contribution in [0.3, 0.4) is 0 Å². The Labute approximate surface area is 196 Å². The van der Waals surface area contributed by atoms with Crippen molar-refractivity contribution < 1.29 is 8.85 Å². The van der Waals surface area contributed by atoms with Crippen LogP contribution in [-0.2, 0) is 15.3 Å². The molecule has 1 unspecified atom stereocenters. The first-order valence-corrected chi connectivity index (χ1v) is 17.4. The lowest BCUT2D eigenvalue weighted by molar-refractivity contribution is 0.222. The number of rotatable bonds is 16. The summed E-state index contributed by atoms with van der Waals surface area (Å²) < 4.78 is 13.4. The van der Waals surface area contributed by atoms with Gasteiger partial charge in [-0.3, -0.25) is 0 Å². The molecule has 0 saturated carbocycles. The summed E-state index contributed by atoms with van der Waals surface area (Å²) in [7, 11) is -3.39. The Morgan fingerprint density at radius 1 is 0.774 bits per heavy atom. The Morgan fingerprint density at radius 2 is 1.29 bits per heavy atom. The van der Waals surface area contributed by atoms with Gasteiger partial charge in [-0.2, -0.15) is 0 Å². The van der Waals surface area contributed by atoms with Crippen LogP contribution in [0.2, 0.25) is 34.8 Å². The van der Waals surface area contributed by atoms with E-state index in [1.807, 2.05) is 0 Å². The van der Waals surface area contributed by atoms with Crippen molar-refractivity contribution in [2.75, 3.05) is 19.8 Å². The summed E-state index contributed by atoms with van der Waals surface area (Å²) in [4.78, 5) is 0. The summed E-state index contributed by atoms with van der Waals surface area (Å²) in [5, 5.41) is 3.80. The monoisotopic (exact) mass is 465 g/mol. The smallest absolute Gasteiger partial charge is 0.200 e. The standard InChI is InChI=1S/C26H51NO2Si2/c1-10-30(11-2,12-3)28-19-18-27-26(20-25-16-14-13-15-17-25)21-29-31(22(4)5,23(6)7)24(8)9/h13-17,22-24,26-27H,10-12,18-21H2,1-9H3. The van der Waals surface area contributed by atoms with Crippen LogP contribution in [0, 0.1) is 0 Å². The summed E-state index contributed by atoms with van der Waals surface area (Å²) in [6.07, 6.45) is 0.998. The van der Waals surface area contributed by atoms with Crippen molar-refractivity contribution in [3.8, 4) is 0 Å². The molecule has 0 radical (unpaired) electrons. The van der Waals surface area contributed by atoms with Crippen molar-refractivity contribution >= 4 is 16.6 Å². The van der Waals surface area contributed by atoms with E-state index in [-0.39, 0.29) is 0 Å². The zero-order chi connectivity index (χ0) is 23.5. The fraction of sp³-hybridized carbons (Fsp3) is 0.769.